The predicted molar refractivity (Wildman–Crippen MR) is 65.6 cm³/mol. The Kier molecular flexibility index (Phi) is 4.41. The molecule has 1 aliphatic heterocycles. The molecule has 0 aromatic heterocycles. The van der Waals surface area contributed by atoms with Crippen molar-refractivity contribution in [3.8, 4) is 0 Å². The SMILES string of the molecule is CC1CCN(C(=O)c2c(F)c(F)c(F)c(F)c2F)C1CCl. The number of carbonyl (C=O) groups excluding carboxylic acids is 1. The van der Waals surface area contributed by atoms with Crippen molar-refractivity contribution in [2.45, 2.75) is 19.4 Å². The summed E-state index contributed by atoms with van der Waals surface area (Å²) in [6.07, 6.45) is 0.540. The Bertz CT molecular complexity index is 565. The lowest BCUT2D eigenvalue weighted by Gasteiger charge is -2.25. The third kappa shape index (κ3) is 2.47. The fraction of sp³-hybridized carbons (Fsp3) is 0.462. The van der Waals surface area contributed by atoms with Crippen molar-refractivity contribution in [2.75, 3.05) is 12.4 Å². The van der Waals surface area contributed by atoms with Crippen molar-refractivity contribution in [1.29, 1.82) is 0 Å². The number of likely N-dealkylation sites (tertiary alicyclic amines) is 1. The van der Waals surface area contributed by atoms with Gasteiger partial charge < -0.3 is 4.90 Å². The van der Waals surface area contributed by atoms with E-state index in [1.807, 2.05) is 0 Å². The Balaban J connectivity index is 2.50. The molecule has 1 fully saturated rings. The van der Waals surface area contributed by atoms with Crippen LogP contribution in [0.5, 0.6) is 0 Å². The average Bonchev–Trinajstić information content (AvgIpc) is 2.84. The topological polar surface area (TPSA) is 20.3 Å². The maximum absolute atomic E-state index is 13.6. The van der Waals surface area contributed by atoms with Gasteiger partial charge in [0.2, 0.25) is 5.82 Å². The third-order valence-corrected chi connectivity index (χ3v) is 4.04. The largest absolute Gasteiger partial charge is 0.334 e. The van der Waals surface area contributed by atoms with Gasteiger partial charge in [0.15, 0.2) is 23.3 Å². The summed E-state index contributed by atoms with van der Waals surface area (Å²) < 4.78 is 66.5. The number of carbonyl (C=O) groups is 1. The van der Waals surface area contributed by atoms with Gasteiger partial charge in [-0.25, -0.2) is 22.0 Å². The number of alkyl halides is 1. The zero-order valence-corrected chi connectivity index (χ0v) is 11.7. The smallest absolute Gasteiger partial charge is 0.260 e. The Morgan fingerprint density at radius 2 is 1.57 bits per heavy atom. The minimum Gasteiger partial charge on any atom is -0.334 e. The van der Waals surface area contributed by atoms with Crippen LogP contribution < -0.4 is 0 Å². The van der Waals surface area contributed by atoms with E-state index in [2.05, 4.69) is 0 Å². The first kappa shape index (κ1) is 16.0. The quantitative estimate of drug-likeness (QED) is 0.352. The molecule has 0 bridgehead atoms. The van der Waals surface area contributed by atoms with Crippen LogP contribution in [0.1, 0.15) is 23.7 Å². The van der Waals surface area contributed by atoms with Crippen LogP contribution in [0.2, 0.25) is 0 Å². The first-order valence-electron chi connectivity index (χ1n) is 6.19. The molecule has 21 heavy (non-hydrogen) atoms. The van der Waals surface area contributed by atoms with Gasteiger partial charge in [0.25, 0.3) is 5.91 Å². The zero-order chi connectivity index (χ0) is 15.9. The van der Waals surface area contributed by atoms with Gasteiger partial charge in [-0.05, 0) is 12.3 Å². The standard InChI is InChI=1S/C13H11ClF5NO/c1-5-2-3-20(6(5)4-14)13(21)7-8(15)10(17)12(19)11(18)9(7)16/h5-6H,2-4H2,1H3. The molecule has 0 aliphatic carbocycles. The van der Waals surface area contributed by atoms with E-state index >= 15 is 0 Å². The molecule has 1 saturated heterocycles. The zero-order valence-electron chi connectivity index (χ0n) is 10.9. The van der Waals surface area contributed by atoms with Crippen LogP contribution in [0.3, 0.4) is 0 Å². The molecule has 1 amide bonds. The number of benzene rings is 1. The van der Waals surface area contributed by atoms with Gasteiger partial charge in [-0.3, -0.25) is 4.79 Å². The van der Waals surface area contributed by atoms with E-state index < -0.39 is 46.6 Å². The Hall–Kier alpha value is -1.37. The summed E-state index contributed by atoms with van der Waals surface area (Å²) in [7, 11) is 0. The number of hydrogen-bond donors (Lipinski definition) is 0. The predicted octanol–water partition coefficient (Wildman–Crippen LogP) is 3.47. The first-order chi connectivity index (χ1) is 9.81. The Labute approximate surface area is 122 Å². The molecular formula is C13H11ClF5NO. The van der Waals surface area contributed by atoms with Crippen LogP contribution in [0, 0.1) is 35.0 Å². The highest BCUT2D eigenvalue weighted by molar-refractivity contribution is 6.18. The number of rotatable bonds is 2. The Morgan fingerprint density at radius 1 is 1.10 bits per heavy atom. The molecule has 0 N–H and O–H groups in total. The molecule has 1 aliphatic rings. The summed E-state index contributed by atoms with van der Waals surface area (Å²) in [5.74, 6) is -12.0. The van der Waals surface area contributed by atoms with Gasteiger partial charge >= 0.3 is 0 Å². The van der Waals surface area contributed by atoms with Crippen molar-refractivity contribution in [1.82, 2.24) is 4.90 Å². The number of nitrogens with zero attached hydrogens (tertiary/aromatic N) is 1. The van der Waals surface area contributed by atoms with Crippen LogP contribution in [0.15, 0.2) is 0 Å². The van der Waals surface area contributed by atoms with Crippen LogP contribution in [-0.4, -0.2) is 29.3 Å². The lowest BCUT2D eigenvalue weighted by molar-refractivity contribution is 0.0723. The summed E-state index contributed by atoms with van der Waals surface area (Å²) in [4.78, 5) is 13.2. The van der Waals surface area contributed by atoms with Crippen molar-refractivity contribution < 1.29 is 26.7 Å². The van der Waals surface area contributed by atoms with Crippen molar-refractivity contribution >= 4 is 17.5 Å². The summed E-state index contributed by atoms with van der Waals surface area (Å²) in [6.45, 7) is 1.94. The van der Waals surface area contributed by atoms with Crippen LogP contribution in [0.25, 0.3) is 0 Å². The Morgan fingerprint density at radius 3 is 2.05 bits per heavy atom. The monoisotopic (exact) mass is 327 g/mol. The molecule has 0 saturated carbocycles. The van der Waals surface area contributed by atoms with Crippen molar-refractivity contribution in [3.05, 3.63) is 34.6 Å². The molecule has 2 unspecified atom stereocenters. The molecule has 2 rings (SSSR count). The fourth-order valence-electron chi connectivity index (χ4n) is 2.43. The summed E-state index contributed by atoms with van der Waals surface area (Å²) in [5.41, 5.74) is -1.43. The molecule has 1 heterocycles. The number of halogens is 6. The molecule has 8 heteroatoms. The van der Waals surface area contributed by atoms with E-state index in [4.69, 9.17) is 11.6 Å². The second-order valence-electron chi connectivity index (χ2n) is 4.93. The molecule has 2 nitrogen and oxygen atoms in total. The molecular weight excluding hydrogens is 317 g/mol. The second-order valence-corrected chi connectivity index (χ2v) is 5.24. The summed E-state index contributed by atoms with van der Waals surface area (Å²) in [5, 5.41) is 0. The highest BCUT2D eigenvalue weighted by Gasteiger charge is 2.38. The van der Waals surface area contributed by atoms with E-state index in [0.717, 1.165) is 4.90 Å². The van der Waals surface area contributed by atoms with Crippen molar-refractivity contribution in [2.24, 2.45) is 5.92 Å². The third-order valence-electron chi connectivity index (χ3n) is 3.73. The molecule has 1 aromatic rings. The lowest BCUT2D eigenvalue weighted by Crippen LogP contribution is -2.39. The van der Waals surface area contributed by atoms with Gasteiger partial charge in [0.1, 0.15) is 5.56 Å². The molecule has 1 aromatic carbocycles. The molecule has 0 spiro atoms. The van der Waals surface area contributed by atoms with E-state index in [1.165, 1.54) is 0 Å². The van der Waals surface area contributed by atoms with Crippen LogP contribution in [-0.2, 0) is 0 Å². The minimum atomic E-state index is -2.29. The molecule has 0 radical (unpaired) electrons. The number of amides is 1. The lowest BCUT2D eigenvalue weighted by atomic mass is 10.0. The number of hydrogen-bond acceptors (Lipinski definition) is 1. The van der Waals surface area contributed by atoms with Gasteiger partial charge in [0, 0.05) is 18.5 Å². The summed E-state index contributed by atoms with van der Waals surface area (Å²) in [6, 6.07) is -0.505. The van der Waals surface area contributed by atoms with Gasteiger partial charge in [-0.2, -0.15) is 0 Å². The minimum absolute atomic E-state index is 0.0162. The van der Waals surface area contributed by atoms with E-state index in [0.29, 0.717) is 6.42 Å². The van der Waals surface area contributed by atoms with Crippen LogP contribution >= 0.6 is 11.6 Å². The molecule has 116 valence electrons. The normalized spacial score (nSPS) is 22.0. The van der Waals surface area contributed by atoms with Crippen LogP contribution in [0.4, 0.5) is 22.0 Å². The van der Waals surface area contributed by atoms with E-state index in [1.54, 1.807) is 6.92 Å². The maximum atomic E-state index is 13.6. The van der Waals surface area contributed by atoms with Crippen molar-refractivity contribution in [3.63, 3.8) is 0 Å². The van der Waals surface area contributed by atoms with Gasteiger partial charge in [0.05, 0.1) is 0 Å². The van der Waals surface area contributed by atoms with Gasteiger partial charge in [-0.1, -0.05) is 6.92 Å². The summed E-state index contributed by atoms with van der Waals surface area (Å²) >= 11 is 5.71. The van der Waals surface area contributed by atoms with E-state index in [-0.39, 0.29) is 18.3 Å². The highest BCUT2D eigenvalue weighted by Crippen LogP contribution is 2.30. The average molecular weight is 328 g/mol. The fourth-order valence-corrected chi connectivity index (χ4v) is 2.90. The first-order valence-corrected chi connectivity index (χ1v) is 6.73. The van der Waals surface area contributed by atoms with E-state index in [9.17, 15) is 26.7 Å². The van der Waals surface area contributed by atoms with Gasteiger partial charge in [-0.15, -0.1) is 11.6 Å². The highest BCUT2D eigenvalue weighted by atomic mass is 35.5. The maximum Gasteiger partial charge on any atom is 0.260 e. The second kappa shape index (κ2) is 5.79. The molecule has 2 atom stereocenters.